The number of allylic oxidation sites excluding steroid dienone is 2. The number of alkyl halides is 1. The molecule has 0 bridgehead atoms. The Labute approximate surface area is 59.3 Å². The molecule has 0 radical (unpaired) electrons. The van der Waals surface area contributed by atoms with Crippen LogP contribution in [-0.2, 0) is 0 Å². The Balaban J connectivity index is 2.73. The lowest BCUT2D eigenvalue weighted by Gasteiger charge is -2.23. The SMILES string of the molecule is CN1C(S)=CC=CC1F. The summed E-state index contributed by atoms with van der Waals surface area (Å²) in [4.78, 5) is 1.45. The predicted molar refractivity (Wildman–Crippen MR) is 38.9 cm³/mol. The Hall–Kier alpha value is -0.440. The predicted octanol–water partition coefficient (Wildman–Crippen LogP) is 1.55. The summed E-state index contributed by atoms with van der Waals surface area (Å²) < 4.78 is 12.6. The van der Waals surface area contributed by atoms with E-state index in [1.54, 1.807) is 19.2 Å². The molecule has 0 amide bonds. The molecular weight excluding hydrogens is 137 g/mol. The van der Waals surface area contributed by atoms with E-state index in [1.165, 1.54) is 11.0 Å². The van der Waals surface area contributed by atoms with Crippen molar-refractivity contribution in [1.82, 2.24) is 4.90 Å². The van der Waals surface area contributed by atoms with Crippen molar-refractivity contribution in [2.75, 3.05) is 7.05 Å². The largest absolute Gasteiger partial charge is 0.337 e. The van der Waals surface area contributed by atoms with Gasteiger partial charge in [0.1, 0.15) is 0 Å². The molecule has 1 atom stereocenters. The monoisotopic (exact) mass is 145 g/mol. The molecule has 1 rings (SSSR count). The highest BCUT2D eigenvalue weighted by Gasteiger charge is 2.11. The lowest BCUT2D eigenvalue weighted by molar-refractivity contribution is 0.203. The summed E-state index contributed by atoms with van der Waals surface area (Å²) in [5.74, 6) is 0. The molecule has 0 N–H and O–H groups in total. The number of thiol groups is 1. The van der Waals surface area contributed by atoms with Gasteiger partial charge in [0.05, 0.1) is 5.03 Å². The molecule has 9 heavy (non-hydrogen) atoms. The fraction of sp³-hybridized carbons (Fsp3) is 0.333. The molecule has 0 aromatic heterocycles. The number of nitrogens with zero attached hydrogens (tertiary/aromatic N) is 1. The third kappa shape index (κ3) is 1.27. The third-order valence-corrected chi connectivity index (χ3v) is 1.71. The number of likely N-dealkylation sites (N-methyl/N-ethyl adjacent to an activating group) is 1. The van der Waals surface area contributed by atoms with Crippen molar-refractivity contribution >= 4 is 12.6 Å². The van der Waals surface area contributed by atoms with Gasteiger partial charge in [0.15, 0.2) is 6.30 Å². The zero-order chi connectivity index (χ0) is 6.85. The van der Waals surface area contributed by atoms with E-state index in [4.69, 9.17) is 0 Å². The van der Waals surface area contributed by atoms with E-state index >= 15 is 0 Å². The second kappa shape index (κ2) is 2.43. The molecule has 1 heterocycles. The van der Waals surface area contributed by atoms with E-state index in [9.17, 15) is 4.39 Å². The van der Waals surface area contributed by atoms with Gasteiger partial charge in [0.2, 0.25) is 0 Å². The molecule has 1 aliphatic rings. The van der Waals surface area contributed by atoms with Crippen molar-refractivity contribution in [3.8, 4) is 0 Å². The Kier molecular flexibility index (Phi) is 1.81. The van der Waals surface area contributed by atoms with Crippen molar-refractivity contribution in [2.24, 2.45) is 0 Å². The van der Waals surface area contributed by atoms with E-state index in [0.29, 0.717) is 5.03 Å². The van der Waals surface area contributed by atoms with E-state index in [-0.39, 0.29) is 0 Å². The molecular formula is C6H8FNS. The second-order valence-corrected chi connectivity index (χ2v) is 2.35. The summed E-state index contributed by atoms with van der Waals surface area (Å²) in [5.41, 5.74) is 0. The highest BCUT2D eigenvalue weighted by atomic mass is 32.1. The maximum Gasteiger partial charge on any atom is 0.191 e. The summed E-state index contributed by atoms with van der Waals surface area (Å²) in [7, 11) is 1.66. The molecule has 1 nitrogen and oxygen atoms in total. The Morgan fingerprint density at radius 2 is 2.44 bits per heavy atom. The third-order valence-electron chi connectivity index (χ3n) is 1.25. The first-order valence-electron chi connectivity index (χ1n) is 2.66. The number of rotatable bonds is 0. The van der Waals surface area contributed by atoms with Crippen LogP contribution < -0.4 is 0 Å². The van der Waals surface area contributed by atoms with Crippen LogP contribution in [-0.4, -0.2) is 18.2 Å². The van der Waals surface area contributed by atoms with Gasteiger partial charge in [0.25, 0.3) is 0 Å². The molecule has 0 aromatic rings. The molecule has 0 aliphatic carbocycles. The van der Waals surface area contributed by atoms with Gasteiger partial charge >= 0.3 is 0 Å². The van der Waals surface area contributed by atoms with Gasteiger partial charge in [-0.2, -0.15) is 0 Å². The summed E-state index contributed by atoms with van der Waals surface area (Å²) in [6.45, 7) is 0. The van der Waals surface area contributed by atoms with E-state index in [2.05, 4.69) is 12.6 Å². The molecule has 3 heteroatoms. The van der Waals surface area contributed by atoms with Crippen molar-refractivity contribution < 1.29 is 4.39 Å². The highest BCUT2D eigenvalue weighted by molar-refractivity contribution is 7.84. The molecule has 0 fully saturated rings. The van der Waals surface area contributed by atoms with Crippen molar-refractivity contribution in [1.29, 1.82) is 0 Å². The highest BCUT2D eigenvalue weighted by Crippen LogP contribution is 2.16. The minimum absolute atomic E-state index is 0.657. The standard InChI is InChI=1S/C6H8FNS/c1-8-5(7)3-2-4-6(8)9/h2-5,9H,1H3. The van der Waals surface area contributed by atoms with Crippen LogP contribution in [0.5, 0.6) is 0 Å². The van der Waals surface area contributed by atoms with Crippen LogP contribution in [0.2, 0.25) is 0 Å². The summed E-state index contributed by atoms with van der Waals surface area (Å²) in [6, 6.07) is 0. The van der Waals surface area contributed by atoms with Gasteiger partial charge in [-0.15, -0.1) is 12.6 Å². The number of hydrogen-bond donors (Lipinski definition) is 1. The van der Waals surface area contributed by atoms with Crippen molar-refractivity contribution in [3.05, 3.63) is 23.3 Å². The van der Waals surface area contributed by atoms with Gasteiger partial charge < -0.3 is 4.90 Å². The number of hydrogen-bond acceptors (Lipinski definition) is 2. The first kappa shape index (κ1) is 6.68. The van der Waals surface area contributed by atoms with Crippen molar-refractivity contribution in [3.63, 3.8) is 0 Å². The van der Waals surface area contributed by atoms with Gasteiger partial charge in [-0.05, 0) is 12.2 Å². The van der Waals surface area contributed by atoms with Gasteiger partial charge in [-0.3, -0.25) is 0 Å². The van der Waals surface area contributed by atoms with Gasteiger partial charge in [-0.1, -0.05) is 6.08 Å². The van der Waals surface area contributed by atoms with E-state index in [0.717, 1.165) is 0 Å². The molecule has 0 aromatic carbocycles. The Morgan fingerprint density at radius 1 is 1.78 bits per heavy atom. The Bertz CT molecular complexity index is 164. The van der Waals surface area contributed by atoms with Crippen LogP contribution in [0, 0.1) is 0 Å². The van der Waals surface area contributed by atoms with Crippen LogP contribution in [0.25, 0.3) is 0 Å². The minimum atomic E-state index is -1.01. The average Bonchev–Trinajstić information content (AvgIpc) is 1.83. The zero-order valence-electron chi connectivity index (χ0n) is 5.08. The molecule has 0 spiro atoms. The van der Waals surface area contributed by atoms with E-state index in [1.807, 2.05) is 0 Å². The fourth-order valence-corrected chi connectivity index (χ4v) is 0.803. The zero-order valence-corrected chi connectivity index (χ0v) is 5.98. The van der Waals surface area contributed by atoms with Crippen LogP contribution in [0.3, 0.4) is 0 Å². The quantitative estimate of drug-likeness (QED) is 0.400. The topological polar surface area (TPSA) is 3.24 Å². The summed E-state index contributed by atoms with van der Waals surface area (Å²) >= 11 is 4.01. The van der Waals surface area contributed by atoms with Crippen LogP contribution in [0.15, 0.2) is 23.3 Å². The lowest BCUT2D eigenvalue weighted by Crippen LogP contribution is -2.24. The van der Waals surface area contributed by atoms with Crippen molar-refractivity contribution in [2.45, 2.75) is 6.30 Å². The average molecular weight is 145 g/mol. The summed E-state index contributed by atoms with van der Waals surface area (Å²) in [5, 5.41) is 0.657. The first-order chi connectivity index (χ1) is 4.22. The minimum Gasteiger partial charge on any atom is -0.337 e. The first-order valence-corrected chi connectivity index (χ1v) is 3.11. The maximum absolute atomic E-state index is 12.6. The van der Waals surface area contributed by atoms with Gasteiger partial charge in [-0.25, -0.2) is 4.39 Å². The van der Waals surface area contributed by atoms with Gasteiger partial charge in [0, 0.05) is 7.05 Å². The van der Waals surface area contributed by atoms with Crippen LogP contribution in [0.1, 0.15) is 0 Å². The molecule has 0 saturated carbocycles. The van der Waals surface area contributed by atoms with E-state index < -0.39 is 6.30 Å². The Morgan fingerprint density at radius 3 is 2.89 bits per heavy atom. The maximum atomic E-state index is 12.6. The molecule has 1 aliphatic heterocycles. The smallest absolute Gasteiger partial charge is 0.191 e. The van der Waals surface area contributed by atoms with Crippen LogP contribution in [0.4, 0.5) is 4.39 Å². The summed E-state index contributed by atoms with van der Waals surface area (Å²) in [6.07, 6.45) is 3.87. The second-order valence-electron chi connectivity index (χ2n) is 1.89. The molecule has 0 saturated heterocycles. The normalized spacial score (nSPS) is 26.3. The fourth-order valence-electron chi connectivity index (χ4n) is 0.606. The number of halogens is 1. The molecule has 50 valence electrons. The van der Waals surface area contributed by atoms with Crippen LogP contribution >= 0.6 is 12.6 Å². The molecule has 1 unspecified atom stereocenters. The lowest BCUT2D eigenvalue weighted by atomic mass is 10.3.